The fraction of sp³-hybridized carbons (Fsp3) is 0.167. The molecule has 3 aromatic rings. The number of nitrogens with zero attached hydrogens (tertiary/aromatic N) is 1. The number of hydrogen-bond acceptors (Lipinski definition) is 3. The van der Waals surface area contributed by atoms with Crippen LogP contribution in [0.1, 0.15) is 10.6 Å². The summed E-state index contributed by atoms with van der Waals surface area (Å²) in [5.74, 6) is -0.214. The van der Waals surface area contributed by atoms with Crippen LogP contribution < -0.4 is 5.32 Å². The Balaban J connectivity index is 1.54. The molecule has 0 amide bonds. The summed E-state index contributed by atoms with van der Waals surface area (Å²) in [6.07, 6.45) is 2.60. The topological polar surface area (TPSA) is 24.9 Å². The van der Waals surface area contributed by atoms with Crippen LogP contribution in [0.25, 0.3) is 10.4 Å². The third-order valence-electron chi connectivity index (χ3n) is 3.50. The molecule has 3 rings (SSSR count). The van der Waals surface area contributed by atoms with E-state index in [1.54, 1.807) is 18.3 Å². The average molecular weight is 347 g/mol. The predicted molar refractivity (Wildman–Crippen MR) is 94.4 cm³/mol. The van der Waals surface area contributed by atoms with Crippen LogP contribution in [-0.4, -0.2) is 11.5 Å². The van der Waals surface area contributed by atoms with Crippen molar-refractivity contribution in [2.45, 2.75) is 13.0 Å². The van der Waals surface area contributed by atoms with E-state index in [-0.39, 0.29) is 5.82 Å². The Hall–Kier alpha value is -1.75. The molecule has 0 spiro atoms. The van der Waals surface area contributed by atoms with Crippen molar-refractivity contribution in [3.8, 4) is 10.4 Å². The lowest BCUT2D eigenvalue weighted by Gasteiger charge is -2.04. The Labute approximate surface area is 144 Å². The molecule has 1 N–H and O–H groups in total. The van der Waals surface area contributed by atoms with Crippen LogP contribution in [0.3, 0.4) is 0 Å². The summed E-state index contributed by atoms with van der Waals surface area (Å²) < 4.78 is 13.8. The number of thiazole rings is 1. The number of halogens is 2. The van der Waals surface area contributed by atoms with Crippen molar-refractivity contribution in [1.29, 1.82) is 0 Å². The van der Waals surface area contributed by atoms with Gasteiger partial charge in [-0.3, -0.25) is 0 Å². The lowest BCUT2D eigenvalue weighted by atomic mass is 10.1. The summed E-state index contributed by atoms with van der Waals surface area (Å²) in [6.45, 7) is 1.49. The zero-order valence-electron chi connectivity index (χ0n) is 12.4. The minimum atomic E-state index is -0.214. The van der Waals surface area contributed by atoms with Gasteiger partial charge in [-0.1, -0.05) is 48.0 Å². The minimum Gasteiger partial charge on any atom is -0.310 e. The molecule has 118 valence electrons. The van der Waals surface area contributed by atoms with E-state index in [0.29, 0.717) is 12.1 Å². The number of nitrogens with one attached hydrogen (secondary N) is 1. The third-order valence-corrected chi connectivity index (χ3v) is 4.90. The smallest absolute Gasteiger partial charge is 0.131 e. The highest BCUT2D eigenvalue weighted by Gasteiger charge is 2.08. The highest BCUT2D eigenvalue weighted by Crippen LogP contribution is 2.28. The summed E-state index contributed by atoms with van der Waals surface area (Å²) in [6, 6.07) is 14.6. The molecular formula is C18H16ClFN2S. The molecule has 0 saturated heterocycles. The summed E-state index contributed by atoms with van der Waals surface area (Å²) in [5.41, 5.74) is 1.74. The fourth-order valence-corrected chi connectivity index (χ4v) is 3.44. The van der Waals surface area contributed by atoms with E-state index in [2.05, 4.69) is 10.3 Å². The molecule has 0 aliphatic rings. The van der Waals surface area contributed by atoms with Gasteiger partial charge in [-0.25, -0.2) is 9.37 Å². The van der Waals surface area contributed by atoms with Crippen LogP contribution in [0, 0.1) is 5.82 Å². The maximum Gasteiger partial charge on any atom is 0.131 e. The van der Waals surface area contributed by atoms with E-state index in [4.69, 9.17) is 11.6 Å². The number of aromatic nitrogens is 1. The molecular weight excluding hydrogens is 331 g/mol. The van der Waals surface area contributed by atoms with Gasteiger partial charge in [-0.05, 0) is 30.7 Å². The van der Waals surface area contributed by atoms with Gasteiger partial charge in [0.05, 0.1) is 4.88 Å². The Bertz CT molecular complexity index is 788. The van der Waals surface area contributed by atoms with Crippen molar-refractivity contribution in [1.82, 2.24) is 10.3 Å². The maximum absolute atomic E-state index is 13.8. The van der Waals surface area contributed by atoms with Crippen LogP contribution in [-0.2, 0) is 13.0 Å². The molecule has 0 aliphatic heterocycles. The largest absolute Gasteiger partial charge is 0.310 e. The molecule has 0 unspecified atom stereocenters. The molecule has 23 heavy (non-hydrogen) atoms. The van der Waals surface area contributed by atoms with Crippen molar-refractivity contribution in [3.05, 3.63) is 76.1 Å². The van der Waals surface area contributed by atoms with Gasteiger partial charge in [0.15, 0.2) is 0 Å². The van der Waals surface area contributed by atoms with Gasteiger partial charge >= 0.3 is 0 Å². The summed E-state index contributed by atoms with van der Waals surface area (Å²) in [7, 11) is 0. The average Bonchev–Trinajstić information content (AvgIpc) is 3.02. The molecule has 1 aromatic heterocycles. The SMILES string of the molecule is Fc1ccccc1-c1cnc(CNCCc2ccccc2Cl)s1. The molecule has 0 saturated carbocycles. The van der Waals surface area contributed by atoms with Gasteiger partial charge in [0.2, 0.25) is 0 Å². The van der Waals surface area contributed by atoms with Crippen LogP contribution in [0.4, 0.5) is 4.39 Å². The van der Waals surface area contributed by atoms with Crippen LogP contribution in [0.15, 0.2) is 54.7 Å². The number of hydrogen-bond donors (Lipinski definition) is 1. The highest BCUT2D eigenvalue weighted by molar-refractivity contribution is 7.15. The first-order valence-electron chi connectivity index (χ1n) is 7.38. The van der Waals surface area contributed by atoms with E-state index in [9.17, 15) is 4.39 Å². The second kappa shape index (κ2) is 7.68. The molecule has 0 radical (unpaired) electrons. The molecule has 1 heterocycles. The van der Waals surface area contributed by atoms with E-state index in [1.165, 1.54) is 17.4 Å². The quantitative estimate of drug-likeness (QED) is 0.640. The normalized spacial score (nSPS) is 10.9. The molecule has 2 nitrogen and oxygen atoms in total. The summed E-state index contributed by atoms with van der Waals surface area (Å²) >= 11 is 7.64. The molecule has 0 fully saturated rings. The zero-order chi connectivity index (χ0) is 16.1. The van der Waals surface area contributed by atoms with Crippen molar-refractivity contribution in [2.75, 3.05) is 6.54 Å². The van der Waals surface area contributed by atoms with Crippen molar-refractivity contribution in [3.63, 3.8) is 0 Å². The number of rotatable bonds is 6. The minimum absolute atomic E-state index is 0.214. The van der Waals surface area contributed by atoms with Gasteiger partial charge in [-0.2, -0.15) is 0 Å². The highest BCUT2D eigenvalue weighted by atomic mass is 35.5. The van der Waals surface area contributed by atoms with E-state index in [0.717, 1.165) is 33.4 Å². The second-order valence-electron chi connectivity index (χ2n) is 5.12. The van der Waals surface area contributed by atoms with Crippen LogP contribution in [0.2, 0.25) is 5.02 Å². The first kappa shape index (κ1) is 16.1. The van der Waals surface area contributed by atoms with Gasteiger partial charge in [0, 0.05) is 23.3 Å². The number of benzene rings is 2. The molecule has 0 aliphatic carbocycles. The van der Waals surface area contributed by atoms with Crippen LogP contribution in [0.5, 0.6) is 0 Å². The Kier molecular flexibility index (Phi) is 5.39. The Morgan fingerprint density at radius 1 is 1.09 bits per heavy atom. The molecule has 0 atom stereocenters. The summed E-state index contributed by atoms with van der Waals surface area (Å²) in [5, 5.41) is 5.10. The Morgan fingerprint density at radius 2 is 1.87 bits per heavy atom. The molecule has 5 heteroatoms. The van der Waals surface area contributed by atoms with Gasteiger partial charge < -0.3 is 5.32 Å². The van der Waals surface area contributed by atoms with Crippen molar-refractivity contribution in [2.24, 2.45) is 0 Å². The van der Waals surface area contributed by atoms with Crippen molar-refractivity contribution >= 4 is 22.9 Å². The van der Waals surface area contributed by atoms with E-state index < -0.39 is 0 Å². The predicted octanol–water partition coefficient (Wildman–Crippen LogP) is 4.93. The maximum atomic E-state index is 13.8. The fourth-order valence-electron chi connectivity index (χ4n) is 2.30. The lowest BCUT2D eigenvalue weighted by Crippen LogP contribution is -2.16. The van der Waals surface area contributed by atoms with Gasteiger partial charge in [-0.15, -0.1) is 11.3 Å². The lowest BCUT2D eigenvalue weighted by molar-refractivity contribution is 0.631. The molecule has 2 aromatic carbocycles. The van der Waals surface area contributed by atoms with Gasteiger partial charge in [0.1, 0.15) is 10.8 Å². The first-order chi connectivity index (χ1) is 11.2. The van der Waals surface area contributed by atoms with Gasteiger partial charge in [0.25, 0.3) is 0 Å². The standard InChI is InChI=1S/C18H16ClFN2S/c19-15-7-3-1-5-13(15)9-10-21-12-18-22-11-17(23-18)14-6-2-4-8-16(14)20/h1-8,11,21H,9-10,12H2. The monoisotopic (exact) mass is 346 g/mol. The van der Waals surface area contributed by atoms with Crippen LogP contribution >= 0.6 is 22.9 Å². The van der Waals surface area contributed by atoms with Crippen molar-refractivity contribution < 1.29 is 4.39 Å². The first-order valence-corrected chi connectivity index (χ1v) is 8.57. The second-order valence-corrected chi connectivity index (χ2v) is 6.64. The van der Waals surface area contributed by atoms with E-state index in [1.807, 2.05) is 30.3 Å². The third kappa shape index (κ3) is 4.16. The Morgan fingerprint density at radius 3 is 2.70 bits per heavy atom. The van der Waals surface area contributed by atoms with E-state index >= 15 is 0 Å². The molecule has 0 bridgehead atoms. The summed E-state index contributed by atoms with van der Waals surface area (Å²) in [4.78, 5) is 5.21. The zero-order valence-corrected chi connectivity index (χ0v) is 14.0.